The third-order valence-electron chi connectivity index (χ3n) is 5.46. The first-order valence-electron chi connectivity index (χ1n) is 8.11. The lowest BCUT2D eigenvalue weighted by Crippen LogP contribution is -2.46. The van der Waals surface area contributed by atoms with Crippen molar-refractivity contribution >= 4 is 0 Å². The van der Waals surface area contributed by atoms with E-state index in [0.717, 1.165) is 12.5 Å². The van der Waals surface area contributed by atoms with E-state index < -0.39 is 0 Å². The molecule has 3 atom stereocenters. The molecule has 3 unspecified atom stereocenters. The summed E-state index contributed by atoms with van der Waals surface area (Å²) < 4.78 is 0. The summed E-state index contributed by atoms with van der Waals surface area (Å²) >= 11 is 0. The quantitative estimate of drug-likeness (QED) is 0.868. The molecule has 3 heteroatoms. The predicted molar refractivity (Wildman–Crippen MR) is 79.9 cm³/mol. The summed E-state index contributed by atoms with van der Waals surface area (Å²) in [6.45, 7) is 2.60. The van der Waals surface area contributed by atoms with Gasteiger partial charge >= 0.3 is 0 Å². The van der Waals surface area contributed by atoms with Crippen molar-refractivity contribution in [2.75, 3.05) is 13.1 Å². The smallest absolute Gasteiger partial charge is 0.115 e. The van der Waals surface area contributed by atoms with Crippen LogP contribution in [0.5, 0.6) is 5.75 Å². The van der Waals surface area contributed by atoms with Crippen molar-refractivity contribution in [1.29, 1.82) is 0 Å². The van der Waals surface area contributed by atoms with Gasteiger partial charge in [-0.15, -0.1) is 0 Å². The van der Waals surface area contributed by atoms with Crippen molar-refractivity contribution in [2.24, 2.45) is 0 Å². The molecule has 4 rings (SSSR count). The van der Waals surface area contributed by atoms with E-state index in [2.05, 4.69) is 16.3 Å². The topological polar surface area (TPSA) is 35.5 Å². The zero-order valence-electron chi connectivity index (χ0n) is 12.0. The van der Waals surface area contributed by atoms with Crippen LogP contribution in [0.15, 0.2) is 18.2 Å². The highest BCUT2D eigenvalue weighted by atomic mass is 16.3. The molecule has 0 saturated carbocycles. The van der Waals surface area contributed by atoms with E-state index in [4.69, 9.17) is 0 Å². The van der Waals surface area contributed by atoms with Crippen molar-refractivity contribution in [3.63, 3.8) is 0 Å². The maximum Gasteiger partial charge on any atom is 0.115 e. The monoisotopic (exact) mass is 272 g/mol. The fourth-order valence-electron chi connectivity index (χ4n) is 4.44. The lowest BCUT2D eigenvalue weighted by atomic mass is 9.96. The van der Waals surface area contributed by atoms with Gasteiger partial charge in [0, 0.05) is 18.1 Å². The first-order valence-corrected chi connectivity index (χ1v) is 8.11. The molecule has 0 bridgehead atoms. The highest BCUT2D eigenvalue weighted by Crippen LogP contribution is 2.35. The standard InChI is InChI=1S/C17H24N2O/c20-15-4-5-16-12(10-15)3-6-17(16)18-13-7-9-19-8-1-2-14(19)11-13/h4-5,10,13-14,17-18,20H,1-3,6-9,11H2. The molecule has 0 amide bonds. The number of piperidine rings is 1. The average molecular weight is 272 g/mol. The molecule has 3 nitrogen and oxygen atoms in total. The Hall–Kier alpha value is -1.06. The van der Waals surface area contributed by atoms with Gasteiger partial charge in [-0.05, 0) is 74.9 Å². The highest BCUT2D eigenvalue weighted by molar-refractivity contribution is 5.40. The normalized spacial score (nSPS) is 33.1. The molecule has 0 radical (unpaired) electrons. The Morgan fingerprint density at radius 2 is 2.10 bits per heavy atom. The van der Waals surface area contributed by atoms with Gasteiger partial charge in [0.05, 0.1) is 0 Å². The van der Waals surface area contributed by atoms with Gasteiger partial charge in [-0.2, -0.15) is 0 Å². The molecule has 1 aliphatic carbocycles. The Kier molecular flexibility index (Phi) is 3.20. The minimum atomic E-state index is 0.406. The molecule has 2 fully saturated rings. The van der Waals surface area contributed by atoms with Crippen LogP contribution in [-0.4, -0.2) is 35.2 Å². The van der Waals surface area contributed by atoms with Crippen LogP contribution < -0.4 is 5.32 Å². The van der Waals surface area contributed by atoms with E-state index in [1.54, 1.807) is 0 Å². The molecule has 1 aromatic rings. The van der Waals surface area contributed by atoms with Gasteiger partial charge in [-0.3, -0.25) is 0 Å². The number of aryl methyl sites for hydroxylation is 1. The molecule has 1 aromatic carbocycles. The van der Waals surface area contributed by atoms with Crippen molar-refractivity contribution in [3.05, 3.63) is 29.3 Å². The van der Waals surface area contributed by atoms with E-state index in [1.165, 1.54) is 56.3 Å². The van der Waals surface area contributed by atoms with Crippen LogP contribution in [0, 0.1) is 0 Å². The van der Waals surface area contributed by atoms with Gasteiger partial charge < -0.3 is 15.3 Å². The van der Waals surface area contributed by atoms with E-state index in [1.807, 2.05) is 12.1 Å². The number of hydrogen-bond acceptors (Lipinski definition) is 3. The zero-order valence-corrected chi connectivity index (χ0v) is 12.0. The SMILES string of the molecule is Oc1ccc2c(c1)CCC2NC1CCN2CCCC2C1. The number of nitrogens with one attached hydrogen (secondary N) is 1. The van der Waals surface area contributed by atoms with Gasteiger partial charge in [0.1, 0.15) is 5.75 Å². The molecule has 2 aliphatic heterocycles. The number of phenolic OH excluding ortho intramolecular Hbond substituents is 1. The third-order valence-corrected chi connectivity index (χ3v) is 5.46. The number of hydrogen-bond donors (Lipinski definition) is 2. The van der Waals surface area contributed by atoms with E-state index in [-0.39, 0.29) is 0 Å². The minimum Gasteiger partial charge on any atom is -0.508 e. The molecule has 2 saturated heterocycles. The largest absolute Gasteiger partial charge is 0.508 e. The molecule has 3 aliphatic rings. The Bertz CT molecular complexity index is 502. The summed E-state index contributed by atoms with van der Waals surface area (Å²) in [6, 6.07) is 7.90. The lowest BCUT2D eigenvalue weighted by Gasteiger charge is -2.36. The van der Waals surface area contributed by atoms with Crippen molar-refractivity contribution < 1.29 is 5.11 Å². The second-order valence-corrected chi connectivity index (χ2v) is 6.69. The number of benzene rings is 1. The molecule has 0 spiro atoms. The first-order chi connectivity index (χ1) is 9.79. The first kappa shape index (κ1) is 12.7. The van der Waals surface area contributed by atoms with Crippen LogP contribution in [0.2, 0.25) is 0 Å². The van der Waals surface area contributed by atoms with E-state index in [9.17, 15) is 5.11 Å². The summed E-state index contributed by atoms with van der Waals surface area (Å²) in [5.74, 6) is 0.406. The second-order valence-electron chi connectivity index (χ2n) is 6.69. The number of phenols is 1. The van der Waals surface area contributed by atoms with Crippen molar-refractivity contribution in [1.82, 2.24) is 10.2 Å². The second kappa shape index (κ2) is 5.05. The highest BCUT2D eigenvalue weighted by Gasteiger charge is 2.33. The zero-order chi connectivity index (χ0) is 13.5. The molecule has 0 aromatic heterocycles. The molecule has 2 heterocycles. The molecule has 108 valence electrons. The van der Waals surface area contributed by atoms with Gasteiger partial charge in [-0.25, -0.2) is 0 Å². The van der Waals surface area contributed by atoms with Crippen molar-refractivity contribution in [3.8, 4) is 5.75 Å². The summed E-state index contributed by atoms with van der Waals surface area (Å²) in [6.07, 6.45) is 7.69. The van der Waals surface area contributed by atoms with Gasteiger partial charge in [0.15, 0.2) is 0 Å². The fourth-order valence-corrected chi connectivity index (χ4v) is 4.44. The molecule has 20 heavy (non-hydrogen) atoms. The van der Waals surface area contributed by atoms with Crippen LogP contribution in [0.25, 0.3) is 0 Å². The molecule has 2 N–H and O–H groups in total. The Morgan fingerprint density at radius 1 is 1.15 bits per heavy atom. The summed E-state index contributed by atoms with van der Waals surface area (Å²) in [5.41, 5.74) is 2.75. The van der Waals surface area contributed by atoms with E-state index in [0.29, 0.717) is 17.8 Å². The van der Waals surface area contributed by atoms with Crippen LogP contribution in [-0.2, 0) is 6.42 Å². The number of rotatable bonds is 2. The molecular weight excluding hydrogens is 248 g/mol. The third kappa shape index (κ3) is 2.23. The van der Waals surface area contributed by atoms with Crippen molar-refractivity contribution in [2.45, 2.75) is 56.7 Å². The Balaban J connectivity index is 1.43. The Morgan fingerprint density at radius 3 is 3.05 bits per heavy atom. The minimum absolute atomic E-state index is 0.406. The van der Waals surface area contributed by atoms with Crippen LogP contribution in [0.4, 0.5) is 0 Å². The van der Waals surface area contributed by atoms with Gasteiger partial charge in [-0.1, -0.05) is 6.07 Å². The number of fused-ring (bicyclic) bond motifs is 2. The van der Waals surface area contributed by atoms with Crippen LogP contribution in [0.1, 0.15) is 49.3 Å². The average Bonchev–Trinajstić information content (AvgIpc) is 3.05. The van der Waals surface area contributed by atoms with Gasteiger partial charge in [0.2, 0.25) is 0 Å². The molecular formula is C17H24N2O. The lowest BCUT2D eigenvalue weighted by molar-refractivity contribution is 0.161. The fraction of sp³-hybridized carbons (Fsp3) is 0.647. The maximum atomic E-state index is 9.58. The predicted octanol–water partition coefficient (Wildman–Crippen LogP) is 2.60. The maximum absolute atomic E-state index is 9.58. The summed E-state index contributed by atoms with van der Waals surface area (Å²) in [4.78, 5) is 2.68. The van der Waals surface area contributed by atoms with Gasteiger partial charge in [0.25, 0.3) is 0 Å². The number of nitrogens with zero attached hydrogens (tertiary/aromatic N) is 1. The summed E-state index contributed by atoms with van der Waals surface area (Å²) in [5, 5.41) is 13.5. The number of aromatic hydroxyl groups is 1. The van der Waals surface area contributed by atoms with Crippen LogP contribution >= 0.6 is 0 Å². The van der Waals surface area contributed by atoms with Crippen LogP contribution in [0.3, 0.4) is 0 Å². The van der Waals surface area contributed by atoms with E-state index >= 15 is 0 Å². The summed E-state index contributed by atoms with van der Waals surface area (Å²) in [7, 11) is 0. The Labute approximate surface area is 121 Å².